The van der Waals surface area contributed by atoms with Crippen LogP contribution in [0.3, 0.4) is 0 Å². The van der Waals surface area contributed by atoms with Crippen LogP contribution < -0.4 is 0 Å². The summed E-state index contributed by atoms with van der Waals surface area (Å²) >= 11 is 0. The molecule has 80 valence electrons. The molecule has 0 saturated heterocycles. The van der Waals surface area contributed by atoms with Gasteiger partial charge in [-0.25, -0.2) is 9.59 Å². The third kappa shape index (κ3) is 3.57. The van der Waals surface area contributed by atoms with Crippen molar-refractivity contribution in [2.24, 2.45) is 5.92 Å². The van der Waals surface area contributed by atoms with E-state index < -0.39 is 30.6 Å². The number of hydrogen-bond donors (Lipinski definition) is 2. The van der Waals surface area contributed by atoms with E-state index in [9.17, 15) is 9.59 Å². The molecule has 0 aromatic rings. The summed E-state index contributed by atoms with van der Waals surface area (Å²) in [4.78, 5) is 21.2. The van der Waals surface area contributed by atoms with Crippen molar-refractivity contribution in [3.05, 3.63) is 12.2 Å². The summed E-state index contributed by atoms with van der Waals surface area (Å²) in [5, 5.41) is 17.0. The molecule has 14 heavy (non-hydrogen) atoms. The van der Waals surface area contributed by atoms with Gasteiger partial charge in [-0.1, -0.05) is 13.5 Å². The molecule has 5 heteroatoms. The van der Waals surface area contributed by atoms with Gasteiger partial charge in [-0.2, -0.15) is 0 Å². The van der Waals surface area contributed by atoms with E-state index in [2.05, 4.69) is 6.58 Å². The molecule has 0 aromatic heterocycles. The van der Waals surface area contributed by atoms with Crippen LogP contribution in [0.15, 0.2) is 12.2 Å². The Bertz CT molecular complexity index is 246. The Kier molecular flexibility index (Phi) is 4.86. The Morgan fingerprint density at radius 2 is 1.93 bits per heavy atom. The maximum absolute atomic E-state index is 10.7. The molecule has 0 saturated carbocycles. The van der Waals surface area contributed by atoms with E-state index >= 15 is 0 Å². The SMILES string of the molecule is C=C(C(=O)O)C(C)C(C)OC(=O)CO. The van der Waals surface area contributed by atoms with Crippen molar-refractivity contribution in [3.63, 3.8) is 0 Å². The molecule has 0 spiro atoms. The number of carboxylic acids is 1. The second kappa shape index (κ2) is 5.39. The highest BCUT2D eigenvalue weighted by Crippen LogP contribution is 2.15. The Hall–Kier alpha value is -1.36. The lowest BCUT2D eigenvalue weighted by atomic mass is 9.97. The minimum atomic E-state index is -1.12. The average Bonchev–Trinajstić information content (AvgIpc) is 2.14. The Morgan fingerprint density at radius 1 is 1.43 bits per heavy atom. The maximum Gasteiger partial charge on any atom is 0.332 e. The van der Waals surface area contributed by atoms with Crippen LogP contribution in [0, 0.1) is 5.92 Å². The molecular formula is C9H14O5. The first kappa shape index (κ1) is 12.6. The van der Waals surface area contributed by atoms with Crippen LogP contribution in [0.4, 0.5) is 0 Å². The predicted molar refractivity (Wildman–Crippen MR) is 48.6 cm³/mol. The molecule has 0 aromatic carbocycles. The number of ether oxygens (including phenoxy) is 1. The first-order valence-electron chi connectivity index (χ1n) is 4.12. The van der Waals surface area contributed by atoms with Crippen LogP contribution in [0.1, 0.15) is 13.8 Å². The zero-order chi connectivity index (χ0) is 11.3. The zero-order valence-electron chi connectivity index (χ0n) is 8.19. The number of aliphatic carboxylic acids is 1. The Morgan fingerprint density at radius 3 is 2.29 bits per heavy atom. The molecule has 0 rings (SSSR count). The fourth-order valence-corrected chi connectivity index (χ4v) is 0.825. The Labute approximate surface area is 82.0 Å². The summed E-state index contributed by atoms with van der Waals surface area (Å²) in [6.07, 6.45) is -0.613. The molecule has 2 atom stereocenters. The van der Waals surface area contributed by atoms with Crippen LogP contribution in [-0.4, -0.2) is 34.9 Å². The van der Waals surface area contributed by atoms with Crippen LogP contribution in [0.5, 0.6) is 0 Å². The highest BCUT2D eigenvalue weighted by Gasteiger charge is 2.22. The maximum atomic E-state index is 10.7. The van der Waals surface area contributed by atoms with Crippen molar-refractivity contribution >= 4 is 11.9 Å². The number of hydrogen-bond acceptors (Lipinski definition) is 4. The molecule has 0 bridgehead atoms. The van der Waals surface area contributed by atoms with Crippen LogP contribution in [0.25, 0.3) is 0 Å². The number of carbonyl (C=O) groups excluding carboxylic acids is 1. The van der Waals surface area contributed by atoms with E-state index in [1.54, 1.807) is 13.8 Å². The predicted octanol–water partition coefficient (Wildman–Crippen LogP) is 0.187. The van der Waals surface area contributed by atoms with E-state index in [4.69, 9.17) is 14.9 Å². The molecule has 0 aliphatic heterocycles. The molecule has 0 aliphatic carbocycles. The van der Waals surface area contributed by atoms with Gasteiger partial charge in [0.15, 0.2) is 0 Å². The van der Waals surface area contributed by atoms with Crippen molar-refractivity contribution in [2.75, 3.05) is 6.61 Å². The molecule has 0 radical (unpaired) electrons. The summed E-state index contributed by atoms with van der Waals surface area (Å²) in [7, 11) is 0. The minimum Gasteiger partial charge on any atom is -0.478 e. The fourth-order valence-electron chi connectivity index (χ4n) is 0.825. The van der Waals surface area contributed by atoms with Gasteiger partial charge in [0.1, 0.15) is 12.7 Å². The monoisotopic (exact) mass is 202 g/mol. The number of carbonyl (C=O) groups is 2. The molecule has 0 heterocycles. The molecule has 0 fully saturated rings. The van der Waals surface area contributed by atoms with Gasteiger partial charge < -0.3 is 14.9 Å². The number of esters is 1. The highest BCUT2D eigenvalue weighted by molar-refractivity contribution is 5.86. The summed E-state index contributed by atoms with van der Waals surface area (Å²) in [6.45, 7) is 5.78. The van der Waals surface area contributed by atoms with Crippen molar-refractivity contribution in [1.29, 1.82) is 0 Å². The number of carboxylic acid groups (broad SMARTS) is 1. The number of aliphatic hydroxyl groups is 1. The van der Waals surface area contributed by atoms with Crippen molar-refractivity contribution < 1.29 is 24.5 Å². The van der Waals surface area contributed by atoms with E-state index in [1.165, 1.54) is 0 Å². The van der Waals surface area contributed by atoms with Crippen molar-refractivity contribution in [2.45, 2.75) is 20.0 Å². The van der Waals surface area contributed by atoms with Crippen LogP contribution in [0.2, 0.25) is 0 Å². The van der Waals surface area contributed by atoms with Gasteiger partial charge in [0.25, 0.3) is 0 Å². The normalized spacial score (nSPS) is 14.2. The van der Waals surface area contributed by atoms with Gasteiger partial charge in [-0.05, 0) is 6.92 Å². The van der Waals surface area contributed by atoms with E-state index in [0.29, 0.717) is 0 Å². The smallest absolute Gasteiger partial charge is 0.332 e. The minimum absolute atomic E-state index is 0.0248. The highest BCUT2D eigenvalue weighted by atomic mass is 16.6. The fraction of sp³-hybridized carbons (Fsp3) is 0.556. The lowest BCUT2D eigenvalue weighted by Crippen LogP contribution is -2.27. The third-order valence-corrected chi connectivity index (χ3v) is 1.97. The summed E-state index contributed by atoms with van der Waals surface area (Å²) < 4.78 is 4.72. The first-order valence-corrected chi connectivity index (χ1v) is 4.12. The number of rotatable bonds is 5. The molecule has 0 aliphatic rings. The van der Waals surface area contributed by atoms with Crippen molar-refractivity contribution in [1.82, 2.24) is 0 Å². The molecular weight excluding hydrogens is 188 g/mol. The molecule has 0 amide bonds. The Balaban J connectivity index is 4.25. The molecule has 2 N–H and O–H groups in total. The van der Waals surface area contributed by atoms with E-state index in [0.717, 1.165) is 0 Å². The van der Waals surface area contributed by atoms with E-state index in [-0.39, 0.29) is 5.57 Å². The average molecular weight is 202 g/mol. The lowest BCUT2D eigenvalue weighted by molar-refractivity contribution is -0.154. The largest absolute Gasteiger partial charge is 0.478 e. The van der Waals surface area contributed by atoms with Gasteiger partial charge in [-0.3, -0.25) is 0 Å². The van der Waals surface area contributed by atoms with Gasteiger partial charge >= 0.3 is 11.9 Å². The zero-order valence-corrected chi connectivity index (χ0v) is 8.19. The molecule has 5 nitrogen and oxygen atoms in total. The first-order chi connectivity index (χ1) is 6.40. The standard InChI is InChI=1S/C9H14O5/c1-5(6(2)9(12)13)7(3)14-8(11)4-10/h5,7,10H,2,4H2,1,3H3,(H,12,13). The second-order valence-corrected chi connectivity index (χ2v) is 2.97. The summed E-state index contributed by atoms with van der Waals surface area (Å²) in [6, 6.07) is 0. The third-order valence-electron chi connectivity index (χ3n) is 1.97. The lowest BCUT2D eigenvalue weighted by Gasteiger charge is -2.19. The summed E-state index contributed by atoms with van der Waals surface area (Å²) in [5.74, 6) is -2.38. The van der Waals surface area contributed by atoms with E-state index in [1.807, 2.05) is 0 Å². The van der Waals surface area contributed by atoms with Gasteiger partial charge in [-0.15, -0.1) is 0 Å². The topological polar surface area (TPSA) is 83.8 Å². The van der Waals surface area contributed by atoms with Crippen LogP contribution in [-0.2, 0) is 14.3 Å². The second-order valence-electron chi connectivity index (χ2n) is 2.97. The summed E-state index contributed by atoms with van der Waals surface area (Å²) in [5.41, 5.74) is -0.0248. The van der Waals surface area contributed by atoms with Gasteiger partial charge in [0.2, 0.25) is 0 Å². The van der Waals surface area contributed by atoms with Crippen molar-refractivity contribution in [3.8, 4) is 0 Å². The van der Waals surface area contributed by atoms with Crippen LogP contribution >= 0.6 is 0 Å². The number of aliphatic hydroxyl groups excluding tert-OH is 1. The van der Waals surface area contributed by atoms with Gasteiger partial charge in [0, 0.05) is 11.5 Å². The quantitative estimate of drug-likeness (QED) is 0.491. The molecule has 2 unspecified atom stereocenters. The van der Waals surface area contributed by atoms with Gasteiger partial charge in [0.05, 0.1) is 0 Å².